The van der Waals surface area contributed by atoms with Gasteiger partial charge in [-0.25, -0.2) is 0 Å². The number of rotatable bonds is 4. The van der Waals surface area contributed by atoms with Crippen molar-refractivity contribution < 1.29 is 9.84 Å². The molecule has 0 aromatic carbocycles. The van der Waals surface area contributed by atoms with Gasteiger partial charge >= 0.3 is 0 Å². The highest BCUT2D eigenvalue weighted by Gasteiger charge is 2.23. The molecule has 0 bridgehead atoms. The molecule has 1 aliphatic carbocycles. The van der Waals surface area contributed by atoms with E-state index in [1.165, 1.54) is 12.8 Å². The first-order valence-corrected chi connectivity index (χ1v) is 5.94. The number of nitrogens with zero attached hydrogens (tertiary/aromatic N) is 2. The van der Waals surface area contributed by atoms with E-state index in [9.17, 15) is 5.11 Å². The lowest BCUT2D eigenvalue weighted by molar-refractivity contribution is 0.249. The molecule has 0 radical (unpaired) electrons. The number of ether oxygens (including phenoxy) is 1. The van der Waals surface area contributed by atoms with Gasteiger partial charge in [0.1, 0.15) is 5.69 Å². The van der Waals surface area contributed by atoms with E-state index >= 15 is 0 Å². The summed E-state index contributed by atoms with van der Waals surface area (Å²) >= 11 is 1.55. The molecule has 15 heavy (non-hydrogen) atoms. The van der Waals surface area contributed by atoms with Crippen molar-refractivity contribution in [2.45, 2.75) is 19.4 Å². The Morgan fingerprint density at radius 1 is 1.60 bits per heavy atom. The predicted molar refractivity (Wildman–Crippen MR) is 57.2 cm³/mol. The first-order valence-electron chi connectivity index (χ1n) is 5.06. The van der Waals surface area contributed by atoms with Crippen LogP contribution in [0.1, 0.15) is 18.5 Å². The van der Waals surface area contributed by atoms with Crippen molar-refractivity contribution in [2.24, 2.45) is 5.92 Å². The highest BCUT2D eigenvalue weighted by Crippen LogP contribution is 2.30. The van der Waals surface area contributed by atoms with Crippen molar-refractivity contribution in [1.29, 1.82) is 0 Å². The molecule has 2 aromatic rings. The SMILES string of the molecule is OCc1c(OCC2CC2)nc2sccn12. The van der Waals surface area contributed by atoms with Gasteiger partial charge < -0.3 is 9.84 Å². The zero-order valence-corrected chi connectivity index (χ0v) is 9.04. The van der Waals surface area contributed by atoms with Crippen LogP contribution in [0.4, 0.5) is 0 Å². The summed E-state index contributed by atoms with van der Waals surface area (Å²) in [5, 5.41) is 11.2. The van der Waals surface area contributed by atoms with Crippen LogP contribution in [0.5, 0.6) is 5.88 Å². The summed E-state index contributed by atoms with van der Waals surface area (Å²) in [5.41, 5.74) is 0.756. The molecule has 0 atom stereocenters. The van der Waals surface area contributed by atoms with Crippen LogP contribution in [0.3, 0.4) is 0 Å². The lowest BCUT2D eigenvalue weighted by Gasteiger charge is -2.02. The molecule has 3 rings (SSSR count). The van der Waals surface area contributed by atoms with Gasteiger partial charge in [-0.1, -0.05) is 0 Å². The van der Waals surface area contributed by atoms with Crippen LogP contribution in [-0.4, -0.2) is 21.1 Å². The Morgan fingerprint density at radius 2 is 2.47 bits per heavy atom. The third-order valence-electron chi connectivity index (χ3n) is 2.63. The molecule has 0 aliphatic heterocycles. The standard InChI is InChI=1S/C10H12N2O2S/c13-5-8-9(14-6-7-1-2-7)11-10-12(8)3-4-15-10/h3-4,7,13H,1-2,5-6H2. The zero-order chi connectivity index (χ0) is 10.3. The van der Waals surface area contributed by atoms with Crippen molar-refractivity contribution in [3.63, 3.8) is 0 Å². The maximum absolute atomic E-state index is 9.27. The molecule has 2 aromatic heterocycles. The molecule has 0 spiro atoms. The number of imidazole rings is 1. The second-order valence-corrected chi connectivity index (χ2v) is 4.70. The summed E-state index contributed by atoms with van der Waals surface area (Å²) in [6, 6.07) is 0. The average molecular weight is 224 g/mol. The fourth-order valence-electron chi connectivity index (χ4n) is 1.55. The summed E-state index contributed by atoms with van der Waals surface area (Å²) in [5.74, 6) is 1.30. The molecule has 0 amide bonds. The largest absolute Gasteiger partial charge is 0.476 e. The zero-order valence-electron chi connectivity index (χ0n) is 8.22. The third-order valence-corrected chi connectivity index (χ3v) is 3.38. The van der Waals surface area contributed by atoms with Crippen LogP contribution < -0.4 is 4.74 Å². The lowest BCUT2D eigenvalue weighted by atomic mass is 10.4. The minimum Gasteiger partial charge on any atom is -0.476 e. The third kappa shape index (κ3) is 1.61. The van der Waals surface area contributed by atoms with E-state index in [1.807, 2.05) is 16.0 Å². The second kappa shape index (κ2) is 3.50. The maximum atomic E-state index is 9.27. The summed E-state index contributed by atoms with van der Waals surface area (Å²) in [7, 11) is 0. The van der Waals surface area contributed by atoms with Gasteiger partial charge in [-0.05, 0) is 18.8 Å². The van der Waals surface area contributed by atoms with Crippen LogP contribution in [0, 0.1) is 5.92 Å². The van der Waals surface area contributed by atoms with Gasteiger partial charge in [-0.2, -0.15) is 4.98 Å². The fraction of sp³-hybridized carbons (Fsp3) is 0.500. The molecule has 5 heteroatoms. The average Bonchev–Trinajstić information content (AvgIpc) is 2.85. The van der Waals surface area contributed by atoms with Gasteiger partial charge in [-0.3, -0.25) is 4.40 Å². The van der Waals surface area contributed by atoms with Gasteiger partial charge in [0.2, 0.25) is 5.88 Å². The molecule has 1 N–H and O–H groups in total. The Hall–Kier alpha value is -1.07. The van der Waals surface area contributed by atoms with Gasteiger partial charge in [0.25, 0.3) is 0 Å². The van der Waals surface area contributed by atoms with Crippen molar-refractivity contribution in [3.8, 4) is 5.88 Å². The number of aromatic nitrogens is 2. The Morgan fingerprint density at radius 3 is 3.20 bits per heavy atom. The first kappa shape index (κ1) is 9.18. The lowest BCUT2D eigenvalue weighted by Crippen LogP contribution is -2.02. The van der Waals surface area contributed by atoms with E-state index in [2.05, 4.69) is 4.98 Å². The molecule has 80 valence electrons. The maximum Gasteiger partial charge on any atom is 0.239 e. The smallest absolute Gasteiger partial charge is 0.239 e. The number of fused-ring (bicyclic) bond motifs is 1. The Bertz CT molecular complexity index is 473. The summed E-state index contributed by atoms with van der Waals surface area (Å²) in [6.07, 6.45) is 4.43. The van der Waals surface area contributed by atoms with E-state index in [0.717, 1.165) is 17.3 Å². The molecule has 1 aliphatic rings. The number of aliphatic hydroxyl groups is 1. The summed E-state index contributed by atoms with van der Waals surface area (Å²) < 4.78 is 7.49. The van der Waals surface area contributed by atoms with Crippen LogP contribution in [0.15, 0.2) is 11.6 Å². The number of hydrogen-bond donors (Lipinski definition) is 1. The molecule has 0 unspecified atom stereocenters. The Labute approximate surface area is 91.1 Å². The molecular weight excluding hydrogens is 212 g/mol. The second-order valence-electron chi connectivity index (χ2n) is 3.83. The van der Waals surface area contributed by atoms with E-state index < -0.39 is 0 Å². The first-order chi connectivity index (χ1) is 7.38. The summed E-state index contributed by atoms with van der Waals surface area (Å²) in [4.78, 5) is 5.22. The molecular formula is C10H12N2O2S. The van der Waals surface area contributed by atoms with Gasteiger partial charge in [-0.15, -0.1) is 11.3 Å². The molecule has 1 fully saturated rings. The number of thiazole rings is 1. The van der Waals surface area contributed by atoms with Gasteiger partial charge in [0.05, 0.1) is 13.2 Å². The molecule has 4 nitrogen and oxygen atoms in total. The predicted octanol–water partition coefficient (Wildman–Crippen LogP) is 1.68. The topological polar surface area (TPSA) is 46.8 Å². The Kier molecular flexibility index (Phi) is 2.14. The highest BCUT2D eigenvalue weighted by molar-refractivity contribution is 7.15. The minimum absolute atomic E-state index is 0.0299. The van der Waals surface area contributed by atoms with E-state index in [1.54, 1.807) is 11.3 Å². The summed E-state index contributed by atoms with van der Waals surface area (Å²) in [6.45, 7) is 0.704. The van der Waals surface area contributed by atoms with Crippen molar-refractivity contribution >= 4 is 16.3 Å². The number of aliphatic hydroxyl groups excluding tert-OH is 1. The van der Waals surface area contributed by atoms with Crippen LogP contribution >= 0.6 is 11.3 Å². The fourth-order valence-corrected chi connectivity index (χ4v) is 2.28. The van der Waals surface area contributed by atoms with Crippen LogP contribution in [-0.2, 0) is 6.61 Å². The van der Waals surface area contributed by atoms with E-state index in [-0.39, 0.29) is 6.61 Å². The minimum atomic E-state index is -0.0299. The molecule has 2 heterocycles. The van der Waals surface area contributed by atoms with Crippen molar-refractivity contribution in [3.05, 3.63) is 17.3 Å². The van der Waals surface area contributed by atoms with Gasteiger partial charge in [0, 0.05) is 11.6 Å². The monoisotopic (exact) mass is 224 g/mol. The van der Waals surface area contributed by atoms with E-state index in [4.69, 9.17) is 4.74 Å². The van der Waals surface area contributed by atoms with Crippen molar-refractivity contribution in [1.82, 2.24) is 9.38 Å². The quantitative estimate of drug-likeness (QED) is 0.859. The van der Waals surface area contributed by atoms with Crippen LogP contribution in [0.25, 0.3) is 4.96 Å². The van der Waals surface area contributed by atoms with E-state index in [0.29, 0.717) is 11.8 Å². The molecule has 1 saturated carbocycles. The highest BCUT2D eigenvalue weighted by atomic mass is 32.1. The van der Waals surface area contributed by atoms with Crippen molar-refractivity contribution in [2.75, 3.05) is 6.61 Å². The van der Waals surface area contributed by atoms with Crippen LogP contribution in [0.2, 0.25) is 0 Å². The number of hydrogen-bond acceptors (Lipinski definition) is 4. The van der Waals surface area contributed by atoms with Gasteiger partial charge in [0.15, 0.2) is 4.96 Å². The normalized spacial score (nSPS) is 16.1. The Balaban J connectivity index is 1.89. The molecule has 0 saturated heterocycles.